The van der Waals surface area contributed by atoms with E-state index in [1.54, 1.807) is 0 Å². The largest absolute Gasteiger partial charge is 0.339 e. The summed E-state index contributed by atoms with van der Waals surface area (Å²) in [5.74, 6) is 0.187. The summed E-state index contributed by atoms with van der Waals surface area (Å²) in [6.45, 7) is 13.2. The lowest BCUT2D eigenvalue weighted by molar-refractivity contribution is -0.151. The molecule has 1 saturated carbocycles. The highest BCUT2D eigenvalue weighted by molar-refractivity contribution is 6.07. The Hall–Kier alpha value is -1.14. The zero-order chi connectivity index (χ0) is 16.4. The molecule has 2 saturated heterocycles. The van der Waals surface area contributed by atoms with Crippen LogP contribution >= 0.6 is 0 Å². The number of carbonyl (C=O) groups is 2. The Bertz CT molecular complexity index is 410. The first-order valence-electron chi connectivity index (χ1n) is 9.14. The quantitative estimate of drug-likeness (QED) is 0.689. The zero-order valence-electron chi connectivity index (χ0n) is 14.6. The molecule has 6 heteroatoms. The Labute approximate surface area is 139 Å². The number of carbonyl (C=O) groups excluding carboxylic acids is 2. The van der Waals surface area contributed by atoms with Crippen molar-refractivity contribution < 1.29 is 9.59 Å². The van der Waals surface area contributed by atoms with Crippen molar-refractivity contribution in [3.05, 3.63) is 0 Å². The topological polar surface area (TPSA) is 47.1 Å². The summed E-state index contributed by atoms with van der Waals surface area (Å²) in [5, 5.41) is 0. The van der Waals surface area contributed by atoms with Gasteiger partial charge in [0.25, 0.3) is 0 Å². The lowest BCUT2D eigenvalue weighted by Crippen LogP contribution is -2.56. The van der Waals surface area contributed by atoms with E-state index in [0.29, 0.717) is 0 Å². The molecule has 2 amide bonds. The molecule has 0 spiro atoms. The highest BCUT2D eigenvalue weighted by Crippen LogP contribution is 2.49. The number of amides is 2. The predicted octanol–water partition coefficient (Wildman–Crippen LogP) is 0.0948. The van der Waals surface area contributed by atoms with Gasteiger partial charge in [-0.05, 0) is 25.9 Å². The molecule has 0 aromatic heterocycles. The summed E-state index contributed by atoms with van der Waals surface area (Å²) in [6, 6.07) is 0. The zero-order valence-corrected chi connectivity index (χ0v) is 14.6. The smallest absolute Gasteiger partial charge is 0.238 e. The van der Waals surface area contributed by atoms with E-state index >= 15 is 0 Å². The normalized spacial score (nSPS) is 25.5. The summed E-state index contributed by atoms with van der Waals surface area (Å²) < 4.78 is 0. The van der Waals surface area contributed by atoms with Crippen molar-refractivity contribution in [1.29, 1.82) is 0 Å². The molecular formula is C17H30N4O2. The minimum absolute atomic E-state index is 0.0937. The van der Waals surface area contributed by atoms with Crippen LogP contribution < -0.4 is 0 Å². The van der Waals surface area contributed by atoms with Crippen molar-refractivity contribution in [1.82, 2.24) is 19.6 Å². The van der Waals surface area contributed by atoms with Gasteiger partial charge in [0, 0.05) is 52.4 Å². The van der Waals surface area contributed by atoms with E-state index in [9.17, 15) is 9.59 Å². The van der Waals surface area contributed by atoms with Crippen molar-refractivity contribution in [2.45, 2.75) is 26.7 Å². The summed E-state index contributed by atoms with van der Waals surface area (Å²) >= 11 is 0. The van der Waals surface area contributed by atoms with E-state index in [1.165, 1.54) is 0 Å². The maximum atomic E-state index is 12.9. The molecule has 0 bridgehead atoms. The molecule has 0 aromatic rings. The molecule has 0 aromatic carbocycles. The van der Waals surface area contributed by atoms with E-state index in [-0.39, 0.29) is 11.8 Å². The lowest BCUT2D eigenvalue weighted by Gasteiger charge is -2.38. The van der Waals surface area contributed by atoms with Crippen molar-refractivity contribution in [2.24, 2.45) is 5.41 Å². The van der Waals surface area contributed by atoms with Crippen LogP contribution in [0.25, 0.3) is 0 Å². The predicted molar refractivity (Wildman–Crippen MR) is 89.1 cm³/mol. The van der Waals surface area contributed by atoms with Crippen molar-refractivity contribution in [3.8, 4) is 0 Å². The van der Waals surface area contributed by atoms with Crippen LogP contribution in [-0.2, 0) is 9.59 Å². The molecule has 0 atom stereocenters. The van der Waals surface area contributed by atoms with Gasteiger partial charge in [0.2, 0.25) is 11.8 Å². The van der Waals surface area contributed by atoms with Crippen LogP contribution in [0.15, 0.2) is 0 Å². The summed E-state index contributed by atoms with van der Waals surface area (Å²) in [4.78, 5) is 34.4. The molecule has 0 N–H and O–H groups in total. The average Bonchev–Trinajstić information content (AvgIpc) is 3.42. The Morgan fingerprint density at radius 1 is 0.696 bits per heavy atom. The van der Waals surface area contributed by atoms with Gasteiger partial charge < -0.3 is 19.6 Å². The highest BCUT2D eigenvalue weighted by atomic mass is 16.2. The summed E-state index contributed by atoms with van der Waals surface area (Å²) in [7, 11) is 0. The third-order valence-electron chi connectivity index (χ3n) is 5.78. The standard InChI is InChI=1S/C17H30N4O2/c1-3-18-7-11-20(12-8-18)15(22)17(5-6-17)16(23)21-13-9-19(4-2)10-14-21/h3-14H2,1-2H3. The Kier molecular flexibility index (Phi) is 4.92. The molecule has 3 rings (SSSR count). The number of hydrogen-bond donors (Lipinski definition) is 0. The summed E-state index contributed by atoms with van der Waals surface area (Å²) in [6.07, 6.45) is 1.49. The second kappa shape index (κ2) is 6.77. The SMILES string of the molecule is CCN1CCN(C(=O)C2(C(=O)N3CCN(CC)CC3)CC2)CC1. The third kappa shape index (κ3) is 3.24. The van der Waals surface area contributed by atoms with Crippen LogP contribution in [0.3, 0.4) is 0 Å². The Morgan fingerprint density at radius 3 is 1.30 bits per heavy atom. The molecule has 6 nitrogen and oxygen atoms in total. The number of rotatable bonds is 4. The van der Waals surface area contributed by atoms with Gasteiger partial charge in [-0.2, -0.15) is 0 Å². The van der Waals surface area contributed by atoms with Gasteiger partial charge in [-0.1, -0.05) is 13.8 Å². The van der Waals surface area contributed by atoms with Gasteiger partial charge >= 0.3 is 0 Å². The number of likely N-dealkylation sites (N-methyl/N-ethyl adjacent to an activating group) is 2. The monoisotopic (exact) mass is 322 g/mol. The van der Waals surface area contributed by atoms with E-state index < -0.39 is 5.41 Å². The summed E-state index contributed by atoms with van der Waals surface area (Å²) in [5.41, 5.74) is -0.706. The molecule has 0 unspecified atom stereocenters. The van der Waals surface area contributed by atoms with Gasteiger partial charge in [0.1, 0.15) is 5.41 Å². The minimum Gasteiger partial charge on any atom is -0.339 e. The molecule has 1 aliphatic carbocycles. The molecule has 0 radical (unpaired) electrons. The first-order chi connectivity index (χ1) is 11.1. The molecule has 3 aliphatic rings. The maximum absolute atomic E-state index is 12.9. The van der Waals surface area contributed by atoms with Crippen LogP contribution in [0.2, 0.25) is 0 Å². The van der Waals surface area contributed by atoms with E-state index in [4.69, 9.17) is 0 Å². The van der Waals surface area contributed by atoms with Crippen LogP contribution in [-0.4, -0.2) is 96.9 Å². The van der Waals surface area contributed by atoms with Crippen molar-refractivity contribution in [3.63, 3.8) is 0 Å². The Morgan fingerprint density at radius 2 is 1.04 bits per heavy atom. The fourth-order valence-corrected chi connectivity index (χ4v) is 3.78. The van der Waals surface area contributed by atoms with Crippen LogP contribution in [0.4, 0.5) is 0 Å². The fourth-order valence-electron chi connectivity index (χ4n) is 3.78. The van der Waals surface area contributed by atoms with Crippen LogP contribution in [0.5, 0.6) is 0 Å². The van der Waals surface area contributed by atoms with Gasteiger partial charge in [0.15, 0.2) is 0 Å². The van der Waals surface area contributed by atoms with Crippen LogP contribution in [0.1, 0.15) is 26.7 Å². The molecule has 2 aliphatic heterocycles. The van der Waals surface area contributed by atoms with Crippen molar-refractivity contribution >= 4 is 11.8 Å². The molecule has 23 heavy (non-hydrogen) atoms. The van der Waals surface area contributed by atoms with Crippen molar-refractivity contribution in [2.75, 3.05) is 65.4 Å². The molecular weight excluding hydrogens is 292 g/mol. The average molecular weight is 322 g/mol. The van der Waals surface area contributed by atoms with E-state index in [1.807, 2.05) is 9.80 Å². The molecule has 3 fully saturated rings. The van der Waals surface area contributed by atoms with E-state index in [0.717, 1.165) is 78.3 Å². The van der Waals surface area contributed by atoms with Gasteiger partial charge in [-0.3, -0.25) is 9.59 Å². The Balaban J connectivity index is 1.58. The second-order valence-electron chi connectivity index (χ2n) is 7.04. The van der Waals surface area contributed by atoms with Gasteiger partial charge in [-0.15, -0.1) is 0 Å². The van der Waals surface area contributed by atoms with Crippen LogP contribution in [0, 0.1) is 5.41 Å². The van der Waals surface area contributed by atoms with Gasteiger partial charge in [0.05, 0.1) is 0 Å². The molecule has 2 heterocycles. The first kappa shape index (κ1) is 16.7. The van der Waals surface area contributed by atoms with E-state index in [2.05, 4.69) is 23.6 Å². The first-order valence-corrected chi connectivity index (χ1v) is 9.14. The minimum atomic E-state index is -0.706. The number of piperazine rings is 2. The number of hydrogen-bond acceptors (Lipinski definition) is 4. The van der Waals surface area contributed by atoms with Gasteiger partial charge in [-0.25, -0.2) is 0 Å². The lowest BCUT2D eigenvalue weighted by atomic mass is 10.0. The fraction of sp³-hybridized carbons (Fsp3) is 0.882. The maximum Gasteiger partial charge on any atom is 0.238 e. The number of nitrogens with zero attached hydrogens (tertiary/aromatic N) is 4. The highest BCUT2D eigenvalue weighted by Gasteiger charge is 2.59. The third-order valence-corrected chi connectivity index (χ3v) is 5.78. The second-order valence-corrected chi connectivity index (χ2v) is 7.04. The molecule has 130 valence electrons.